The van der Waals surface area contributed by atoms with Crippen LogP contribution in [0.3, 0.4) is 0 Å². The summed E-state index contributed by atoms with van der Waals surface area (Å²) in [5, 5.41) is 8.46. The van der Waals surface area contributed by atoms with Gasteiger partial charge in [0.15, 0.2) is 23.1 Å². The zero-order valence-electron chi connectivity index (χ0n) is 34.0. The number of rotatable bonds is 5. The van der Waals surface area contributed by atoms with Gasteiger partial charge in [0.05, 0.1) is 11.0 Å². The van der Waals surface area contributed by atoms with E-state index in [2.05, 4.69) is 126 Å². The molecule has 0 radical (unpaired) electrons. The molecule has 0 fully saturated rings. The first kappa shape index (κ1) is 34.9. The number of hydrogen-bond donors (Lipinski definition) is 0. The second-order valence-electron chi connectivity index (χ2n) is 16.3. The van der Waals surface area contributed by atoms with Crippen molar-refractivity contribution in [2.24, 2.45) is 0 Å². The quantitative estimate of drug-likeness (QED) is 0.172. The standard InChI is InChI=1S/C57H32N4O3/c1-5-23-45-37(17-1)39-29-30-40-38-18-2-6-24-46(38)64-54(40)53(39)61(45)36-16-10-14-34(32-36)33-13-9-15-35(31-33)55-58-56(43-21-11-27-49-51(43)41-19-3-7-25-47(41)62-49)60-57(59-55)44-22-12-28-50-52(44)42-20-4-8-26-48(42)63-50/h1-32H. The van der Waals surface area contributed by atoms with Gasteiger partial charge in [-0.3, -0.25) is 0 Å². The molecule has 0 bridgehead atoms. The number of benzene rings is 9. The minimum atomic E-state index is 0.553. The molecule has 0 N–H and O–H groups in total. The summed E-state index contributed by atoms with van der Waals surface area (Å²) < 4.78 is 21.7. The highest BCUT2D eigenvalue weighted by Gasteiger charge is 2.22. The highest BCUT2D eigenvalue weighted by molar-refractivity contribution is 6.21. The van der Waals surface area contributed by atoms with Gasteiger partial charge in [0, 0.05) is 65.5 Å². The molecule has 0 aliphatic carbocycles. The van der Waals surface area contributed by atoms with Crippen molar-refractivity contribution in [1.82, 2.24) is 19.5 Å². The Morgan fingerprint density at radius 3 is 1.52 bits per heavy atom. The van der Waals surface area contributed by atoms with Crippen LogP contribution in [0.15, 0.2) is 207 Å². The molecule has 0 amide bonds. The summed E-state index contributed by atoms with van der Waals surface area (Å²) in [7, 11) is 0. The largest absolute Gasteiger partial charge is 0.456 e. The third-order valence-electron chi connectivity index (χ3n) is 12.7. The van der Waals surface area contributed by atoms with E-state index < -0.39 is 0 Å². The Bertz CT molecular complexity index is 4090. The van der Waals surface area contributed by atoms with E-state index in [1.54, 1.807) is 0 Å². The lowest BCUT2D eigenvalue weighted by Gasteiger charge is -2.12. The topological polar surface area (TPSA) is 83.0 Å². The lowest BCUT2D eigenvalue weighted by atomic mass is 10.0. The first-order chi connectivity index (χ1) is 31.7. The maximum atomic E-state index is 6.65. The lowest BCUT2D eigenvalue weighted by Crippen LogP contribution is -2.01. The minimum Gasteiger partial charge on any atom is -0.456 e. The summed E-state index contributed by atoms with van der Waals surface area (Å²) in [5.41, 5.74) is 12.8. The van der Waals surface area contributed by atoms with Crippen molar-refractivity contribution in [1.29, 1.82) is 0 Å². The molecular formula is C57H32N4O3. The van der Waals surface area contributed by atoms with Crippen LogP contribution in [0.5, 0.6) is 0 Å². The summed E-state index contributed by atoms with van der Waals surface area (Å²) in [4.78, 5) is 15.8. The summed E-state index contributed by atoms with van der Waals surface area (Å²) >= 11 is 0. The second-order valence-corrected chi connectivity index (χ2v) is 16.3. The van der Waals surface area contributed by atoms with Crippen LogP contribution in [-0.4, -0.2) is 19.5 Å². The van der Waals surface area contributed by atoms with E-state index >= 15 is 0 Å². The summed E-state index contributed by atoms with van der Waals surface area (Å²) in [6.45, 7) is 0. The number of furan rings is 3. The molecule has 0 aliphatic heterocycles. The molecule has 298 valence electrons. The van der Waals surface area contributed by atoms with E-state index in [0.29, 0.717) is 17.5 Å². The van der Waals surface area contributed by atoms with Crippen molar-refractivity contribution in [2.45, 2.75) is 0 Å². The predicted octanol–water partition coefficient (Wildman–Crippen LogP) is 15.3. The first-order valence-electron chi connectivity index (χ1n) is 21.3. The highest BCUT2D eigenvalue weighted by Crippen LogP contribution is 2.42. The van der Waals surface area contributed by atoms with Gasteiger partial charge < -0.3 is 17.8 Å². The predicted molar refractivity (Wildman–Crippen MR) is 258 cm³/mol. The van der Waals surface area contributed by atoms with E-state index in [-0.39, 0.29) is 0 Å². The van der Waals surface area contributed by atoms with Crippen molar-refractivity contribution in [2.75, 3.05) is 0 Å². The van der Waals surface area contributed by atoms with Crippen LogP contribution in [-0.2, 0) is 0 Å². The number of aromatic nitrogens is 4. The molecule has 7 nitrogen and oxygen atoms in total. The van der Waals surface area contributed by atoms with Gasteiger partial charge in [-0.1, -0.05) is 133 Å². The molecule has 5 heterocycles. The van der Waals surface area contributed by atoms with Crippen molar-refractivity contribution in [3.05, 3.63) is 194 Å². The third-order valence-corrected chi connectivity index (χ3v) is 12.7. The van der Waals surface area contributed by atoms with Crippen LogP contribution in [0.2, 0.25) is 0 Å². The molecule has 14 rings (SSSR count). The molecule has 9 aromatic carbocycles. The third kappa shape index (κ3) is 5.12. The summed E-state index contributed by atoms with van der Waals surface area (Å²) in [6, 6.07) is 66.8. The fourth-order valence-electron chi connectivity index (χ4n) is 9.83. The number of fused-ring (bicyclic) bond motifs is 13. The van der Waals surface area contributed by atoms with Crippen molar-refractivity contribution < 1.29 is 13.3 Å². The fraction of sp³-hybridized carbons (Fsp3) is 0. The molecule has 0 aliphatic rings. The summed E-state index contributed by atoms with van der Waals surface area (Å²) in [6.07, 6.45) is 0. The Kier molecular flexibility index (Phi) is 7.27. The molecule has 0 spiro atoms. The van der Waals surface area contributed by atoms with Gasteiger partial charge >= 0.3 is 0 Å². The molecule has 0 saturated carbocycles. The van der Waals surface area contributed by atoms with Crippen molar-refractivity contribution >= 4 is 87.6 Å². The van der Waals surface area contributed by atoms with E-state index in [1.807, 2.05) is 72.8 Å². The van der Waals surface area contributed by atoms with Gasteiger partial charge in [-0.2, -0.15) is 0 Å². The van der Waals surface area contributed by atoms with E-state index in [0.717, 1.165) is 116 Å². The van der Waals surface area contributed by atoms with Crippen LogP contribution >= 0.6 is 0 Å². The average molecular weight is 821 g/mol. The zero-order chi connectivity index (χ0) is 41.9. The number of para-hydroxylation sites is 4. The van der Waals surface area contributed by atoms with E-state index in [1.165, 1.54) is 5.39 Å². The Morgan fingerprint density at radius 1 is 0.328 bits per heavy atom. The monoisotopic (exact) mass is 820 g/mol. The Balaban J connectivity index is 0.965. The lowest BCUT2D eigenvalue weighted by molar-refractivity contribution is 0.668. The molecule has 5 aromatic heterocycles. The zero-order valence-corrected chi connectivity index (χ0v) is 34.0. The van der Waals surface area contributed by atoms with Gasteiger partial charge in [-0.05, 0) is 71.8 Å². The van der Waals surface area contributed by atoms with E-state index in [9.17, 15) is 0 Å². The molecule has 0 atom stereocenters. The van der Waals surface area contributed by atoms with E-state index in [4.69, 9.17) is 28.2 Å². The number of nitrogens with zero attached hydrogens (tertiary/aromatic N) is 4. The van der Waals surface area contributed by atoms with Gasteiger partial charge in [0.25, 0.3) is 0 Å². The minimum absolute atomic E-state index is 0.553. The maximum absolute atomic E-state index is 6.65. The molecular weight excluding hydrogens is 789 g/mol. The highest BCUT2D eigenvalue weighted by atomic mass is 16.3. The Hall–Kier alpha value is -8.81. The first-order valence-corrected chi connectivity index (χ1v) is 21.3. The molecule has 14 aromatic rings. The van der Waals surface area contributed by atoms with Crippen molar-refractivity contribution in [3.63, 3.8) is 0 Å². The normalized spacial score (nSPS) is 12.1. The summed E-state index contributed by atoms with van der Waals surface area (Å²) in [5.74, 6) is 1.66. The fourth-order valence-corrected chi connectivity index (χ4v) is 9.83. The van der Waals surface area contributed by atoms with Crippen LogP contribution < -0.4 is 0 Å². The average Bonchev–Trinajstić information content (AvgIpc) is 4.13. The molecule has 7 heteroatoms. The molecule has 64 heavy (non-hydrogen) atoms. The van der Waals surface area contributed by atoms with Crippen LogP contribution in [0.25, 0.3) is 139 Å². The smallest absolute Gasteiger partial charge is 0.164 e. The van der Waals surface area contributed by atoms with Gasteiger partial charge in [-0.15, -0.1) is 0 Å². The Morgan fingerprint density at radius 2 is 0.828 bits per heavy atom. The maximum Gasteiger partial charge on any atom is 0.164 e. The van der Waals surface area contributed by atoms with Gasteiger partial charge in [0.1, 0.15) is 27.9 Å². The van der Waals surface area contributed by atoms with Crippen LogP contribution in [0.1, 0.15) is 0 Å². The molecule has 0 unspecified atom stereocenters. The van der Waals surface area contributed by atoms with Gasteiger partial charge in [-0.25, -0.2) is 15.0 Å². The number of hydrogen-bond acceptors (Lipinski definition) is 6. The van der Waals surface area contributed by atoms with Crippen LogP contribution in [0.4, 0.5) is 0 Å². The van der Waals surface area contributed by atoms with Crippen molar-refractivity contribution in [3.8, 4) is 51.0 Å². The Labute approximate surface area is 364 Å². The SMILES string of the molecule is c1cc(-c2cccc(-n3c4ccccc4c4ccc5c6ccccc6oc5c43)c2)cc(-c2nc(-c3cccc4oc5ccccc5c34)nc(-c3cccc4oc5ccccc5c34)n2)c1. The van der Waals surface area contributed by atoms with Gasteiger partial charge in [0.2, 0.25) is 0 Å². The second kappa shape index (κ2) is 13.3. The molecule has 0 saturated heterocycles. The van der Waals surface area contributed by atoms with Crippen LogP contribution in [0, 0.1) is 0 Å².